The molecule has 2 aliphatic rings. The minimum atomic E-state index is -0.836. The third-order valence-corrected chi connectivity index (χ3v) is 9.42. The van der Waals surface area contributed by atoms with Gasteiger partial charge in [-0.1, -0.05) is 36.4 Å². The van der Waals surface area contributed by atoms with Gasteiger partial charge >= 0.3 is 0 Å². The fourth-order valence-corrected chi connectivity index (χ4v) is 7.18. The number of hydrogen-bond donors (Lipinski definition) is 3. The van der Waals surface area contributed by atoms with Gasteiger partial charge in [-0.05, 0) is 89.2 Å². The standard InChI is InChI=1S/C38H38N2O6/c1-44-33-21-32-30(35-24(12-14-40-15-13-39-22-40)16-26-18-28(41)10-11-29(26)36(33)35)20-31(42)38(46-32)27-17-25(37(43)34(19-27)45-2)9-8-23-6-4-3-5-7-23/h3-7,10-11,13,15,17-19,21-22,24,31,38,41-43H,8-9,12,14,16,20H2,1-2H3. The van der Waals surface area contributed by atoms with E-state index in [0.717, 1.165) is 64.8 Å². The number of benzene rings is 4. The molecular formula is C38H38N2O6. The molecule has 8 nitrogen and oxygen atoms in total. The number of aromatic nitrogens is 2. The van der Waals surface area contributed by atoms with Crippen LogP contribution in [0.15, 0.2) is 85.5 Å². The van der Waals surface area contributed by atoms with Crippen molar-refractivity contribution in [1.82, 2.24) is 9.55 Å². The van der Waals surface area contributed by atoms with Crippen LogP contribution >= 0.6 is 0 Å². The first-order valence-electron chi connectivity index (χ1n) is 15.7. The molecule has 0 radical (unpaired) electrons. The van der Waals surface area contributed by atoms with E-state index in [-0.39, 0.29) is 17.4 Å². The average molecular weight is 619 g/mol. The topological polar surface area (TPSA) is 106 Å². The van der Waals surface area contributed by atoms with Crippen LogP contribution in [0.25, 0.3) is 11.1 Å². The lowest BCUT2D eigenvalue weighted by molar-refractivity contribution is 0.0200. The number of hydrogen-bond acceptors (Lipinski definition) is 7. The van der Waals surface area contributed by atoms with E-state index < -0.39 is 12.2 Å². The zero-order valence-electron chi connectivity index (χ0n) is 26.0. The van der Waals surface area contributed by atoms with Gasteiger partial charge in [-0.2, -0.15) is 0 Å². The second kappa shape index (κ2) is 12.4. The molecule has 7 rings (SSSR count). The lowest BCUT2D eigenvalue weighted by atomic mass is 9.73. The number of aromatic hydroxyl groups is 2. The zero-order valence-corrected chi connectivity index (χ0v) is 26.0. The fourth-order valence-electron chi connectivity index (χ4n) is 7.18. The summed E-state index contributed by atoms with van der Waals surface area (Å²) in [4.78, 5) is 4.21. The van der Waals surface area contributed by atoms with E-state index in [0.29, 0.717) is 30.1 Å². The number of fused-ring (bicyclic) bond motifs is 5. The number of methoxy groups -OCH3 is 2. The molecule has 0 fully saturated rings. The normalized spacial score (nSPS) is 18.2. The summed E-state index contributed by atoms with van der Waals surface area (Å²) in [6.07, 6.45) is 7.38. The summed E-state index contributed by atoms with van der Waals surface area (Å²) in [5.74, 6) is 2.16. The molecule has 3 N–H and O–H groups in total. The summed E-state index contributed by atoms with van der Waals surface area (Å²) in [7, 11) is 3.20. The van der Waals surface area contributed by atoms with Crippen LogP contribution in [0.1, 0.15) is 51.8 Å². The first kappa shape index (κ1) is 29.7. The van der Waals surface area contributed by atoms with Gasteiger partial charge in [-0.15, -0.1) is 0 Å². The Balaban J connectivity index is 1.28. The second-order valence-electron chi connectivity index (χ2n) is 12.2. The maximum atomic E-state index is 11.7. The quantitative estimate of drug-likeness (QED) is 0.172. The maximum Gasteiger partial charge on any atom is 0.161 e. The van der Waals surface area contributed by atoms with Gasteiger partial charge in [0.1, 0.15) is 23.4 Å². The summed E-state index contributed by atoms with van der Waals surface area (Å²) < 4.78 is 20.3. The molecule has 0 spiro atoms. The van der Waals surface area contributed by atoms with Gasteiger partial charge in [0.25, 0.3) is 0 Å². The Hall–Kier alpha value is -4.95. The van der Waals surface area contributed by atoms with Crippen LogP contribution in [0, 0.1) is 0 Å². The molecule has 2 heterocycles. The molecule has 4 aromatic carbocycles. The van der Waals surface area contributed by atoms with Crippen LogP contribution in [0.3, 0.4) is 0 Å². The van der Waals surface area contributed by atoms with Crippen LogP contribution in [0.4, 0.5) is 0 Å². The van der Waals surface area contributed by atoms with E-state index in [1.807, 2.05) is 55.0 Å². The van der Waals surface area contributed by atoms with Gasteiger partial charge in [0.15, 0.2) is 11.5 Å². The molecule has 46 heavy (non-hydrogen) atoms. The van der Waals surface area contributed by atoms with E-state index in [2.05, 4.69) is 21.7 Å². The number of aliphatic hydroxyl groups excluding tert-OH is 1. The summed E-state index contributed by atoms with van der Waals surface area (Å²) in [5, 5.41) is 33.1. The van der Waals surface area contributed by atoms with Crippen molar-refractivity contribution in [2.75, 3.05) is 14.2 Å². The predicted molar refractivity (Wildman–Crippen MR) is 175 cm³/mol. The number of imidazole rings is 1. The van der Waals surface area contributed by atoms with Crippen molar-refractivity contribution in [3.05, 3.63) is 119 Å². The van der Waals surface area contributed by atoms with Gasteiger partial charge in [-0.3, -0.25) is 0 Å². The number of phenols is 2. The highest BCUT2D eigenvalue weighted by atomic mass is 16.5. The van der Waals surface area contributed by atoms with E-state index in [9.17, 15) is 15.3 Å². The molecule has 0 saturated carbocycles. The molecule has 236 valence electrons. The number of rotatable bonds is 9. The molecule has 1 aliphatic heterocycles. The average Bonchev–Trinajstić information content (AvgIpc) is 3.60. The minimum absolute atomic E-state index is 0.0984. The van der Waals surface area contributed by atoms with E-state index in [4.69, 9.17) is 14.2 Å². The molecule has 0 amide bonds. The molecule has 3 atom stereocenters. The number of aryl methyl sites for hydroxylation is 3. The van der Waals surface area contributed by atoms with Crippen molar-refractivity contribution in [1.29, 1.82) is 0 Å². The van der Waals surface area contributed by atoms with Gasteiger partial charge < -0.3 is 34.1 Å². The zero-order chi connectivity index (χ0) is 31.8. The summed E-state index contributed by atoms with van der Waals surface area (Å²) in [6.45, 7) is 0.773. The SMILES string of the molecule is COc1cc(C2Oc3cc(OC)c4c(c3CC2O)C(CCn2ccnc2)Cc2cc(O)ccc2-4)cc(CCc2ccccc2)c1O. The summed E-state index contributed by atoms with van der Waals surface area (Å²) in [5.41, 5.74) is 7.82. The molecule has 0 saturated heterocycles. The number of aliphatic hydroxyl groups is 1. The van der Waals surface area contributed by atoms with Gasteiger partial charge in [0.2, 0.25) is 0 Å². The highest BCUT2D eigenvalue weighted by Gasteiger charge is 2.38. The van der Waals surface area contributed by atoms with Crippen LogP contribution < -0.4 is 14.2 Å². The molecule has 1 aliphatic carbocycles. The van der Waals surface area contributed by atoms with Crippen molar-refractivity contribution in [3.8, 4) is 39.9 Å². The van der Waals surface area contributed by atoms with Crippen LogP contribution in [0.5, 0.6) is 28.7 Å². The van der Waals surface area contributed by atoms with Crippen molar-refractivity contribution < 1.29 is 29.5 Å². The summed E-state index contributed by atoms with van der Waals surface area (Å²) in [6, 6.07) is 21.3. The van der Waals surface area contributed by atoms with Crippen LogP contribution in [-0.2, 0) is 32.2 Å². The van der Waals surface area contributed by atoms with E-state index in [1.54, 1.807) is 25.4 Å². The minimum Gasteiger partial charge on any atom is -0.508 e. The number of nitrogens with zero attached hydrogens (tertiary/aromatic N) is 2. The smallest absolute Gasteiger partial charge is 0.161 e. The Morgan fingerprint density at radius 1 is 0.935 bits per heavy atom. The molecule has 3 unspecified atom stereocenters. The van der Waals surface area contributed by atoms with Crippen LogP contribution in [0.2, 0.25) is 0 Å². The lowest BCUT2D eigenvalue weighted by Crippen LogP contribution is -2.32. The first-order valence-corrected chi connectivity index (χ1v) is 15.7. The highest BCUT2D eigenvalue weighted by molar-refractivity contribution is 5.83. The molecule has 1 aromatic heterocycles. The van der Waals surface area contributed by atoms with Crippen molar-refractivity contribution in [3.63, 3.8) is 0 Å². The monoisotopic (exact) mass is 618 g/mol. The Morgan fingerprint density at radius 2 is 1.76 bits per heavy atom. The Bertz CT molecular complexity index is 1850. The third kappa shape index (κ3) is 5.54. The molecule has 8 heteroatoms. The van der Waals surface area contributed by atoms with Gasteiger partial charge in [0.05, 0.1) is 26.7 Å². The number of phenolic OH excluding ortho intramolecular Hbond substituents is 2. The van der Waals surface area contributed by atoms with Gasteiger partial charge in [0, 0.05) is 42.6 Å². The maximum absolute atomic E-state index is 11.7. The first-order chi connectivity index (χ1) is 22.4. The Kier molecular flexibility index (Phi) is 8.05. The molecular weight excluding hydrogens is 580 g/mol. The van der Waals surface area contributed by atoms with Crippen molar-refractivity contribution >= 4 is 0 Å². The lowest BCUT2D eigenvalue weighted by Gasteiger charge is -2.37. The largest absolute Gasteiger partial charge is 0.508 e. The summed E-state index contributed by atoms with van der Waals surface area (Å²) >= 11 is 0. The van der Waals surface area contributed by atoms with E-state index in [1.165, 1.54) is 12.7 Å². The Labute approximate surface area is 268 Å². The fraction of sp³-hybridized carbons (Fsp3) is 0.289. The number of ether oxygens (including phenoxy) is 3. The highest BCUT2D eigenvalue weighted by Crippen LogP contribution is 2.53. The van der Waals surface area contributed by atoms with E-state index >= 15 is 0 Å². The molecule has 0 bridgehead atoms. The second-order valence-corrected chi connectivity index (χ2v) is 12.2. The third-order valence-electron chi connectivity index (χ3n) is 9.42. The van der Waals surface area contributed by atoms with Gasteiger partial charge in [-0.25, -0.2) is 4.98 Å². The molecule has 5 aromatic rings. The van der Waals surface area contributed by atoms with Crippen molar-refractivity contribution in [2.24, 2.45) is 0 Å². The van der Waals surface area contributed by atoms with Crippen molar-refractivity contribution in [2.45, 2.75) is 56.8 Å². The Morgan fingerprint density at radius 3 is 2.52 bits per heavy atom. The van der Waals surface area contributed by atoms with Crippen LogP contribution in [-0.4, -0.2) is 45.2 Å². The predicted octanol–water partition coefficient (Wildman–Crippen LogP) is 6.53.